The fourth-order valence-corrected chi connectivity index (χ4v) is 1.46. The van der Waals surface area contributed by atoms with Crippen molar-refractivity contribution in [2.45, 2.75) is 13.5 Å². The Morgan fingerprint density at radius 2 is 2.14 bits per heavy atom. The second kappa shape index (κ2) is 3.23. The highest BCUT2D eigenvalue weighted by Crippen LogP contribution is 2.17. The molecule has 2 aromatic rings. The summed E-state index contributed by atoms with van der Waals surface area (Å²) in [5.41, 5.74) is 14.9. The van der Waals surface area contributed by atoms with Gasteiger partial charge in [-0.1, -0.05) is 0 Å². The third-order valence-electron chi connectivity index (χ3n) is 2.15. The second-order valence-electron chi connectivity index (χ2n) is 3.28. The Kier molecular flexibility index (Phi) is 2.05. The van der Waals surface area contributed by atoms with Crippen molar-refractivity contribution in [3.8, 4) is 0 Å². The molecule has 0 aliphatic rings. The first kappa shape index (κ1) is 8.90. The van der Waals surface area contributed by atoms with Crippen LogP contribution in [0.3, 0.4) is 0 Å². The molecule has 0 aliphatic carbocycles. The number of aryl methyl sites for hydroxylation is 1. The molecule has 0 saturated carbocycles. The SMILES string of the molecule is Cc1cc(N)nc2cc(CN)cnc12. The minimum absolute atomic E-state index is 0.471. The Hall–Kier alpha value is -1.68. The van der Waals surface area contributed by atoms with Crippen LogP contribution in [0.5, 0.6) is 0 Å². The molecule has 0 radical (unpaired) electrons. The third kappa shape index (κ3) is 1.40. The molecule has 2 rings (SSSR count). The van der Waals surface area contributed by atoms with Crippen molar-refractivity contribution in [3.05, 3.63) is 29.5 Å². The Labute approximate surface area is 82.0 Å². The van der Waals surface area contributed by atoms with Gasteiger partial charge in [0.15, 0.2) is 0 Å². The number of pyridine rings is 2. The van der Waals surface area contributed by atoms with Gasteiger partial charge in [0.1, 0.15) is 5.82 Å². The molecule has 72 valence electrons. The van der Waals surface area contributed by atoms with Crippen LogP contribution in [-0.4, -0.2) is 9.97 Å². The molecule has 0 aliphatic heterocycles. The maximum atomic E-state index is 5.65. The van der Waals surface area contributed by atoms with Gasteiger partial charge in [-0.05, 0) is 30.2 Å². The minimum atomic E-state index is 0.471. The number of nitrogens with zero attached hydrogens (tertiary/aromatic N) is 2. The molecular weight excluding hydrogens is 176 g/mol. The zero-order chi connectivity index (χ0) is 10.1. The van der Waals surface area contributed by atoms with E-state index in [9.17, 15) is 0 Å². The van der Waals surface area contributed by atoms with E-state index in [4.69, 9.17) is 11.5 Å². The predicted octanol–water partition coefficient (Wildman–Crippen LogP) is 0.979. The van der Waals surface area contributed by atoms with Crippen LogP contribution < -0.4 is 11.5 Å². The zero-order valence-corrected chi connectivity index (χ0v) is 7.99. The summed E-state index contributed by atoms with van der Waals surface area (Å²) < 4.78 is 0. The van der Waals surface area contributed by atoms with E-state index < -0.39 is 0 Å². The lowest BCUT2D eigenvalue weighted by molar-refractivity contribution is 1.05. The van der Waals surface area contributed by atoms with Crippen LogP contribution in [0.1, 0.15) is 11.1 Å². The Bertz CT molecular complexity index is 479. The molecule has 4 heteroatoms. The summed E-state index contributed by atoms with van der Waals surface area (Å²) in [6.07, 6.45) is 1.77. The average Bonchev–Trinajstić information content (AvgIpc) is 2.16. The van der Waals surface area contributed by atoms with Gasteiger partial charge in [0.2, 0.25) is 0 Å². The first-order chi connectivity index (χ1) is 6.70. The molecule has 4 nitrogen and oxygen atoms in total. The molecule has 0 fully saturated rings. The summed E-state index contributed by atoms with van der Waals surface area (Å²) in [6.45, 7) is 2.44. The van der Waals surface area contributed by atoms with Crippen LogP contribution in [0.2, 0.25) is 0 Å². The monoisotopic (exact) mass is 188 g/mol. The number of fused-ring (bicyclic) bond motifs is 1. The molecule has 0 amide bonds. The van der Waals surface area contributed by atoms with E-state index in [1.807, 2.05) is 19.1 Å². The van der Waals surface area contributed by atoms with Gasteiger partial charge in [-0.3, -0.25) is 4.98 Å². The number of hydrogen-bond donors (Lipinski definition) is 2. The number of nitrogens with two attached hydrogens (primary N) is 2. The van der Waals surface area contributed by atoms with E-state index in [0.29, 0.717) is 12.4 Å². The highest BCUT2D eigenvalue weighted by atomic mass is 14.9. The van der Waals surface area contributed by atoms with E-state index in [0.717, 1.165) is 22.2 Å². The summed E-state index contributed by atoms with van der Waals surface area (Å²) in [6, 6.07) is 3.74. The van der Waals surface area contributed by atoms with Gasteiger partial charge >= 0.3 is 0 Å². The normalized spacial score (nSPS) is 10.7. The first-order valence-corrected chi connectivity index (χ1v) is 4.42. The summed E-state index contributed by atoms with van der Waals surface area (Å²) in [5.74, 6) is 0.519. The van der Waals surface area contributed by atoms with Crippen LogP contribution in [0, 0.1) is 6.92 Å². The Morgan fingerprint density at radius 3 is 2.86 bits per heavy atom. The van der Waals surface area contributed by atoms with Crippen molar-refractivity contribution in [3.63, 3.8) is 0 Å². The molecule has 2 heterocycles. The maximum Gasteiger partial charge on any atom is 0.124 e. The Morgan fingerprint density at radius 1 is 1.36 bits per heavy atom. The van der Waals surface area contributed by atoms with Crippen molar-refractivity contribution in [1.82, 2.24) is 9.97 Å². The molecule has 14 heavy (non-hydrogen) atoms. The molecule has 0 unspecified atom stereocenters. The number of anilines is 1. The maximum absolute atomic E-state index is 5.65. The van der Waals surface area contributed by atoms with Crippen molar-refractivity contribution in [2.24, 2.45) is 5.73 Å². The van der Waals surface area contributed by atoms with Gasteiger partial charge in [-0.25, -0.2) is 4.98 Å². The smallest absolute Gasteiger partial charge is 0.124 e. The van der Waals surface area contributed by atoms with E-state index in [-0.39, 0.29) is 0 Å². The lowest BCUT2D eigenvalue weighted by atomic mass is 10.2. The topological polar surface area (TPSA) is 77.8 Å². The Balaban J connectivity index is 2.75. The molecule has 0 saturated heterocycles. The van der Waals surface area contributed by atoms with Gasteiger partial charge in [-0.15, -0.1) is 0 Å². The second-order valence-corrected chi connectivity index (χ2v) is 3.28. The van der Waals surface area contributed by atoms with E-state index in [2.05, 4.69) is 9.97 Å². The fraction of sp³-hybridized carbons (Fsp3) is 0.200. The van der Waals surface area contributed by atoms with Crippen molar-refractivity contribution >= 4 is 16.9 Å². The lowest BCUT2D eigenvalue weighted by Gasteiger charge is -2.03. The van der Waals surface area contributed by atoms with E-state index in [1.165, 1.54) is 0 Å². The average molecular weight is 188 g/mol. The lowest BCUT2D eigenvalue weighted by Crippen LogP contribution is -1.99. The molecule has 0 aromatic carbocycles. The quantitative estimate of drug-likeness (QED) is 0.699. The van der Waals surface area contributed by atoms with Crippen molar-refractivity contribution in [2.75, 3.05) is 5.73 Å². The van der Waals surface area contributed by atoms with Crippen molar-refractivity contribution in [1.29, 1.82) is 0 Å². The van der Waals surface area contributed by atoms with Gasteiger partial charge in [0.05, 0.1) is 11.0 Å². The van der Waals surface area contributed by atoms with E-state index >= 15 is 0 Å². The largest absolute Gasteiger partial charge is 0.384 e. The third-order valence-corrected chi connectivity index (χ3v) is 2.15. The first-order valence-electron chi connectivity index (χ1n) is 4.42. The fourth-order valence-electron chi connectivity index (χ4n) is 1.46. The number of nitrogen functional groups attached to an aromatic ring is 1. The molecular formula is C10H12N4. The van der Waals surface area contributed by atoms with Gasteiger partial charge in [-0.2, -0.15) is 0 Å². The van der Waals surface area contributed by atoms with Crippen LogP contribution >= 0.6 is 0 Å². The zero-order valence-electron chi connectivity index (χ0n) is 7.99. The van der Waals surface area contributed by atoms with Gasteiger partial charge in [0, 0.05) is 12.7 Å². The van der Waals surface area contributed by atoms with Crippen LogP contribution in [-0.2, 0) is 6.54 Å². The number of aromatic nitrogens is 2. The summed E-state index contributed by atoms with van der Waals surface area (Å²) in [4.78, 5) is 8.50. The minimum Gasteiger partial charge on any atom is -0.384 e. The molecule has 0 bridgehead atoms. The highest BCUT2D eigenvalue weighted by Gasteiger charge is 2.02. The van der Waals surface area contributed by atoms with Crippen LogP contribution in [0.25, 0.3) is 11.0 Å². The van der Waals surface area contributed by atoms with Gasteiger partial charge < -0.3 is 11.5 Å². The molecule has 0 atom stereocenters. The molecule has 2 aromatic heterocycles. The van der Waals surface area contributed by atoms with Crippen LogP contribution in [0.4, 0.5) is 5.82 Å². The molecule has 4 N–H and O–H groups in total. The predicted molar refractivity (Wildman–Crippen MR) is 56.6 cm³/mol. The van der Waals surface area contributed by atoms with Crippen molar-refractivity contribution < 1.29 is 0 Å². The summed E-state index contributed by atoms with van der Waals surface area (Å²) >= 11 is 0. The summed E-state index contributed by atoms with van der Waals surface area (Å²) in [7, 11) is 0. The standard InChI is InChI=1S/C10H12N4/c1-6-2-9(12)14-8-3-7(4-11)5-13-10(6)8/h2-3,5H,4,11H2,1H3,(H2,12,14). The van der Waals surface area contributed by atoms with E-state index in [1.54, 1.807) is 6.20 Å². The van der Waals surface area contributed by atoms with Crippen LogP contribution in [0.15, 0.2) is 18.3 Å². The van der Waals surface area contributed by atoms with Gasteiger partial charge in [0.25, 0.3) is 0 Å². The number of rotatable bonds is 1. The summed E-state index contributed by atoms with van der Waals surface area (Å²) in [5, 5.41) is 0. The highest BCUT2D eigenvalue weighted by molar-refractivity contribution is 5.79. The molecule has 0 spiro atoms. The number of hydrogen-bond acceptors (Lipinski definition) is 4.